The molecule has 2 nitrogen and oxygen atoms in total. The van der Waals surface area contributed by atoms with Crippen LogP contribution in [0.15, 0.2) is 59.0 Å². The molecule has 1 aromatic heterocycles. The van der Waals surface area contributed by atoms with Gasteiger partial charge in [-0.15, -0.1) is 0 Å². The normalized spacial score (nSPS) is 11.3. The van der Waals surface area contributed by atoms with Crippen LogP contribution in [0.4, 0.5) is 0 Å². The topological polar surface area (TPSA) is 30.2 Å². The molecule has 0 atom stereocenters. The predicted molar refractivity (Wildman–Crippen MR) is 86.0 cm³/mol. The Labute approximate surface area is 131 Å². The molecule has 2 aromatic carbocycles. The molecule has 0 saturated heterocycles. The third-order valence-corrected chi connectivity index (χ3v) is 3.73. The van der Waals surface area contributed by atoms with Gasteiger partial charge in [-0.25, -0.2) is 0 Å². The number of furan rings is 1. The third-order valence-electron chi connectivity index (χ3n) is 3.07. The molecule has 104 valence electrons. The minimum Gasteiger partial charge on any atom is -0.453 e. The quantitative estimate of drug-likeness (QED) is 0.462. The number of ketones is 1. The number of rotatable bonds is 3. The number of hydrogen-bond acceptors (Lipinski definition) is 2. The maximum Gasteiger partial charge on any atom is 0.221 e. The second-order valence-electron chi connectivity index (χ2n) is 4.48. The zero-order valence-electron chi connectivity index (χ0n) is 10.8. The summed E-state index contributed by atoms with van der Waals surface area (Å²) in [5, 5.41) is 1.89. The molecule has 3 rings (SSSR count). The van der Waals surface area contributed by atoms with Gasteiger partial charge in [0.1, 0.15) is 5.58 Å². The Morgan fingerprint density at radius 3 is 2.43 bits per heavy atom. The predicted octanol–water partition coefficient (Wildman–Crippen LogP) is 5.64. The van der Waals surface area contributed by atoms with Crippen molar-refractivity contribution >= 4 is 46.0 Å². The van der Waals surface area contributed by atoms with E-state index < -0.39 is 0 Å². The summed E-state index contributed by atoms with van der Waals surface area (Å²) in [6, 6.07) is 14.4. The van der Waals surface area contributed by atoms with Crippen molar-refractivity contribution in [1.29, 1.82) is 0 Å². The first-order valence-corrected chi connectivity index (χ1v) is 7.06. The average Bonchev–Trinajstić information content (AvgIpc) is 2.90. The fourth-order valence-corrected chi connectivity index (χ4v) is 2.54. The van der Waals surface area contributed by atoms with Crippen molar-refractivity contribution in [3.05, 3.63) is 76.0 Å². The van der Waals surface area contributed by atoms with Crippen LogP contribution < -0.4 is 0 Å². The first kappa shape index (κ1) is 13.9. The zero-order chi connectivity index (χ0) is 14.8. The number of carbonyl (C=O) groups is 1. The van der Waals surface area contributed by atoms with Crippen molar-refractivity contribution in [3.63, 3.8) is 0 Å². The number of hydrogen-bond donors (Lipinski definition) is 0. The summed E-state index contributed by atoms with van der Waals surface area (Å²) in [4.78, 5) is 12.1. The molecule has 0 aliphatic carbocycles. The number of para-hydroxylation sites is 1. The molecule has 0 amide bonds. The summed E-state index contributed by atoms with van der Waals surface area (Å²) in [6.07, 6.45) is 3.00. The van der Waals surface area contributed by atoms with Crippen LogP contribution in [-0.2, 0) is 0 Å². The summed E-state index contributed by atoms with van der Waals surface area (Å²) < 4.78 is 5.51. The minimum atomic E-state index is -0.234. The molecule has 0 spiro atoms. The van der Waals surface area contributed by atoms with Crippen molar-refractivity contribution in [2.45, 2.75) is 0 Å². The van der Waals surface area contributed by atoms with Gasteiger partial charge in [-0.05, 0) is 36.4 Å². The van der Waals surface area contributed by atoms with E-state index in [4.69, 9.17) is 27.6 Å². The molecule has 0 radical (unpaired) electrons. The molecule has 1 heterocycles. The van der Waals surface area contributed by atoms with Crippen LogP contribution in [0.1, 0.15) is 16.1 Å². The van der Waals surface area contributed by atoms with Crippen molar-refractivity contribution < 1.29 is 9.21 Å². The molecule has 4 heteroatoms. The monoisotopic (exact) mass is 316 g/mol. The van der Waals surface area contributed by atoms with Crippen molar-refractivity contribution in [2.75, 3.05) is 0 Å². The number of benzene rings is 2. The van der Waals surface area contributed by atoms with E-state index in [9.17, 15) is 4.79 Å². The Hall–Kier alpha value is -2.03. The highest BCUT2D eigenvalue weighted by Crippen LogP contribution is 2.26. The van der Waals surface area contributed by atoms with E-state index in [1.807, 2.05) is 24.3 Å². The summed E-state index contributed by atoms with van der Waals surface area (Å²) in [7, 11) is 0. The standard InChI is InChI=1S/C17H10Cl2O2/c18-13-5-3-6-14(19)12(13)8-9-15(20)17-10-11-4-1-2-7-16(11)21-17/h1-10H. The molecule has 0 N–H and O–H groups in total. The van der Waals surface area contributed by atoms with E-state index in [0.29, 0.717) is 21.2 Å². The van der Waals surface area contributed by atoms with Crippen molar-refractivity contribution in [3.8, 4) is 0 Å². The van der Waals surface area contributed by atoms with Crippen LogP contribution in [0.5, 0.6) is 0 Å². The number of allylic oxidation sites excluding steroid dienone is 1. The van der Waals surface area contributed by atoms with Gasteiger partial charge in [0, 0.05) is 21.0 Å². The van der Waals surface area contributed by atoms with Gasteiger partial charge in [-0.2, -0.15) is 0 Å². The summed E-state index contributed by atoms with van der Waals surface area (Å²) in [5.74, 6) is 0.0535. The number of carbonyl (C=O) groups excluding carboxylic acids is 1. The highest BCUT2D eigenvalue weighted by atomic mass is 35.5. The Morgan fingerprint density at radius 2 is 1.71 bits per heavy atom. The zero-order valence-corrected chi connectivity index (χ0v) is 12.4. The summed E-state index contributed by atoms with van der Waals surface area (Å²) in [5.41, 5.74) is 1.30. The van der Waals surface area contributed by atoms with E-state index in [2.05, 4.69) is 0 Å². The van der Waals surface area contributed by atoms with Gasteiger partial charge in [-0.3, -0.25) is 4.79 Å². The first-order valence-electron chi connectivity index (χ1n) is 6.30. The second kappa shape index (κ2) is 5.76. The highest BCUT2D eigenvalue weighted by Gasteiger charge is 2.10. The van der Waals surface area contributed by atoms with Gasteiger partial charge >= 0.3 is 0 Å². The van der Waals surface area contributed by atoms with Crippen LogP contribution in [0.25, 0.3) is 17.0 Å². The largest absolute Gasteiger partial charge is 0.453 e. The van der Waals surface area contributed by atoms with E-state index >= 15 is 0 Å². The first-order chi connectivity index (χ1) is 10.1. The fraction of sp³-hybridized carbons (Fsp3) is 0. The lowest BCUT2D eigenvalue weighted by Crippen LogP contribution is -1.90. The summed E-state index contributed by atoms with van der Waals surface area (Å²) >= 11 is 12.1. The molecule has 0 bridgehead atoms. The second-order valence-corrected chi connectivity index (χ2v) is 5.30. The Balaban J connectivity index is 1.90. The van der Waals surface area contributed by atoms with Crippen molar-refractivity contribution in [2.24, 2.45) is 0 Å². The minimum absolute atomic E-state index is 0.234. The number of halogens is 2. The molecule has 0 saturated carbocycles. The van der Waals surface area contributed by atoms with Gasteiger partial charge < -0.3 is 4.42 Å². The molecule has 0 aliphatic rings. The van der Waals surface area contributed by atoms with E-state index in [0.717, 1.165) is 5.39 Å². The highest BCUT2D eigenvalue weighted by molar-refractivity contribution is 6.37. The lowest BCUT2D eigenvalue weighted by Gasteiger charge is -2.00. The molecular weight excluding hydrogens is 307 g/mol. The lowest BCUT2D eigenvalue weighted by atomic mass is 10.1. The summed E-state index contributed by atoms with van der Waals surface area (Å²) in [6.45, 7) is 0. The molecular formula is C17H10Cl2O2. The number of fused-ring (bicyclic) bond motifs is 1. The lowest BCUT2D eigenvalue weighted by molar-refractivity contribution is 0.102. The van der Waals surface area contributed by atoms with E-state index in [-0.39, 0.29) is 11.5 Å². The van der Waals surface area contributed by atoms with E-state index in [1.54, 1.807) is 30.3 Å². The average molecular weight is 317 g/mol. The Bertz CT molecular complexity index is 794. The third kappa shape index (κ3) is 2.87. The van der Waals surface area contributed by atoms with Crippen LogP contribution in [-0.4, -0.2) is 5.78 Å². The van der Waals surface area contributed by atoms with Gasteiger partial charge in [0.25, 0.3) is 0 Å². The fourth-order valence-electron chi connectivity index (χ4n) is 2.01. The van der Waals surface area contributed by atoms with Crippen LogP contribution >= 0.6 is 23.2 Å². The van der Waals surface area contributed by atoms with Crippen molar-refractivity contribution in [1.82, 2.24) is 0 Å². The SMILES string of the molecule is O=C(C=Cc1c(Cl)cccc1Cl)c1cc2ccccc2o1. The van der Waals surface area contributed by atoms with Crippen LogP contribution in [0.3, 0.4) is 0 Å². The molecule has 21 heavy (non-hydrogen) atoms. The molecule has 3 aromatic rings. The van der Waals surface area contributed by atoms with E-state index in [1.165, 1.54) is 6.08 Å². The molecule has 0 unspecified atom stereocenters. The van der Waals surface area contributed by atoms with Gasteiger partial charge in [0.15, 0.2) is 5.76 Å². The Morgan fingerprint density at radius 1 is 1.00 bits per heavy atom. The van der Waals surface area contributed by atoms with Gasteiger partial charge in [0.2, 0.25) is 5.78 Å². The van der Waals surface area contributed by atoms with Crippen LogP contribution in [0, 0.1) is 0 Å². The molecule has 0 aliphatic heterocycles. The van der Waals surface area contributed by atoms with Gasteiger partial charge in [-0.1, -0.05) is 47.5 Å². The maximum atomic E-state index is 12.1. The smallest absolute Gasteiger partial charge is 0.221 e. The van der Waals surface area contributed by atoms with Gasteiger partial charge in [0.05, 0.1) is 0 Å². The maximum absolute atomic E-state index is 12.1. The Kier molecular flexibility index (Phi) is 3.82. The molecule has 0 fully saturated rings. The van der Waals surface area contributed by atoms with Crippen LogP contribution in [0.2, 0.25) is 10.0 Å².